The van der Waals surface area contributed by atoms with Crippen LogP contribution in [0.15, 0.2) is 12.3 Å². The smallest absolute Gasteiger partial charge is 0.168 e. The van der Waals surface area contributed by atoms with Crippen molar-refractivity contribution in [2.24, 2.45) is 0 Å². The van der Waals surface area contributed by atoms with E-state index in [1.54, 1.807) is 6.20 Å². The summed E-state index contributed by atoms with van der Waals surface area (Å²) in [7, 11) is 0. The van der Waals surface area contributed by atoms with Gasteiger partial charge in [0.1, 0.15) is 0 Å². The molecule has 0 unspecified atom stereocenters. The first-order valence-electron chi connectivity index (χ1n) is 6.68. The number of nitrogens with two attached hydrogens (primary N) is 1. The van der Waals surface area contributed by atoms with Crippen molar-refractivity contribution < 1.29 is 9.47 Å². The van der Waals surface area contributed by atoms with Crippen molar-refractivity contribution in [2.75, 3.05) is 18.9 Å². The Bertz CT molecular complexity index is 431. The summed E-state index contributed by atoms with van der Waals surface area (Å²) >= 11 is 0. The molecule has 4 heteroatoms. The van der Waals surface area contributed by atoms with Crippen molar-refractivity contribution in [3.05, 3.63) is 23.5 Å². The molecular formula is C14H20N2O2. The Balaban J connectivity index is 1.72. The molecule has 0 amide bonds. The zero-order chi connectivity index (χ0) is 12.6. The summed E-state index contributed by atoms with van der Waals surface area (Å²) in [5, 5.41) is 0. The Morgan fingerprint density at radius 1 is 1.28 bits per heavy atom. The average Bonchev–Trinajstić information content (AvgIpc) is 2.80. The lowest BCUT2D eigenvalue weighted by Crippen LogP contribution is -2.34. The van der Waals surface area contributed by atoms with E-state index in [0.29, 0.717) is 5.92 Å². The van der Waals surface area contributed by atoms with Gasteiger partial charge < -0.3 is 15.2 Å². The highest BCUT2D eigenvalue weighted by Gasteiger charge is 2.40. The second kappa shape index (κ2) is 4.52. The molecule has 0 radical (unpaired) electrons. The predicted octanol–water partition coefficient (Wildman–Crippen LogP) is 2.37. The number of ether oxygens (including phenoxy) is 2. The molecule has 1 aromatic rings. The molecule has 2 N–H and O–H groups in total. The van der Waals surface area contributed by atoms with E-state index in [-0.39, 0.29) is 5.79 Å². The van der Waals surface area contributed by atoms with Crippen LogP contribution in [-0.2, 0) is 9.47 Å². The summed E-state index contributed by atoms with van der Waals surface area (Å²) < 4.78 is 11.5. The topological polar surface area (TPSA) is 57.4 Å². The largest absolute Gasteiger partial charge is 0.397 e. The van der Waals surface area contributed by atoms with Crippen molar-refractivity contribution >= 4 is 5.69 Å². The van der Waals surface area contributed by atoms with E-state index in [0.717, 1.165) is 44.6 Å². The quantitative estimate of drug-likeness (QED) is 0.829. The number of anilines is 1. The first-order valence-corrected chi connectivity index (χ1v) is 6.68. The zero-order valence-electron chi connectivity index (χ0n) is 10.8. The van der Waals surface area contributed by atoms with Crippen LogP contribution >= 0.6 is 0 Å². The van der Waals surface area contributed by atoms with Crippen molar-refractivity contribution in [3.63, 3.8) is 0 Å². The summed E-state index contributed by atoms with van der Waals surface area (Å²) in [6, 6.07) is 2.01. The molecular weight excluding hydrogens is 228 g/mol. The molecule has 0 bridgehead atoms. The first-order chi connectivity index (χ1) is 8.69. The number of rotatable bonds is 1. The van der Waals surface area contributed by atoms with Gasteiger partial charge in [0.05, 0.1) is 25.1 Å². The Morgan fingerprint density at radius 2 is 1.94 bits per heavy atom. The van der Waals surface area contributed by atoms with Gasteiger partial charge in [-0.25, -0.2) is 0 Å². The Hall–Kier alpha value is -1.13. The summed E-state index contributed by atoms with van der Waals surface area (Å²) in [5.74, 6) is 0.238. The number of hydrogen-bond acceptors (Lipinski definition) is 4. The molecule has 18 heavy (non-hydrogen) atoms. The molecule has 1 aliphatic heterocycles. The molecule has 2 aliphatic rings. The van der Waals surface area contributed by atoms with Crippen LogP contribution in [0.4, 0.5) is 5.69 Å². The maximum absolute atomic E-state index is 5.75. The maximum atomic E-state index is 5.75. The average molecular weight is 248 g/mol. The molecule has 1 spiro atoms. The van der Waals surface area contributed by atoms with Crippen molar-refractivity contribution in [3.8, 4) is 0 Å². The van der Waals surface area contributed by atoms with Crippen LogP contribution in [0.5, 0.6) is 0 Å². The molecule has 4 nitrogen and oxygen atoms in total. The van der Waals surface area contributed by atoms with Gasteiger partial charge in [0.15, 0.2) is 5.79 Å². The Labute approximate surface area is 107 Å². The van der Waals surface area contributed by atoms with Crippen LogP contribution in [0, 0.1) is 6.92 Å². The minimum absolute atomic E-state index is 0.280. The maximum Gasteiger partial charge on any atom is 0.168 e. The second-order valence-corrected chi connectivity index (χ2v) is 5.35. The first kappa shape index (κ1) is 11.9. The highest BCUT2D eigenvalue weighted by Crippen LogP contribution is 2.42. The van der Waals surface area contributed by atoms with E-state index < -0.39 is 0 Å². The van der Waals surface area contributed by atoms with Gasteiger partial charge in [0, 0.05) is 24.5 Å². The van der Waals surface area contributed by atoms with Gasteiger partial charge >= 0.3 is 0 Å². The lowest BCUT2D eigenvalue weighted by molar-refractivity contribution is -0.178. The molecule has 2 fully saturated rings. The van der Waals surface area contributed by atoms with Crippen molar-refractivity contribution in [2.45, 2.75) is 44.3 Å². The Morgan fingerprint density at radius 3 is 2.56 bits per heavy atom. The van der Waals surface area contributed by atoms with E-state index in [4.69, 9.17) is 15.2 Å². The minimum Gasteiger partial charge on any atom is -0.397 e. The third-order valence-corrected chi connectivity index (χ3v) is 4.09. The zero-order valence-corrected chi connectivity index (χ0v) is 10.8. The normalized spacial score (nSPS) is 23.6. The van der Waals surface area contributed by atoms with Gasteiger partial charge in [-0.2, -0.15) is 0 Å². The fraction of sp³-hybridized carbons (Fsp3) is 0.643. The lowest BCUT2D eigenvalue weighted by Gasteiger charge is -2.35. The Kier molecular flexibility index (Phi) is 2.99. The molecule has 1 aliphatic carbocycles. The van der Waals surface area contributed by atoms with Gasteiger partial charge in [-0.1, -0.05) is 0 Å². The van der Waals surface area contributed by atoms with Gasteiger partial charge in [0.25, 0.3) is 0 Å². The number of nitrogens with zero attached hydrogens (tertiary/aromatic N) is 1. The molecule has 0 aromatic carbocycles. The monoisotopic (exact) mass is 248 g/mol. The van der Waals surface area contributed by atoms with Crippen molar-refractivity contribution in [1.29, 1.82) is 0 Å². The molecule has 3 rings (SSSR count). The molecule has 1 saturated carbocycles. The number of aromatic nitrogens is 1. The number of pyridine rings is 1. The van der Waals surface area contributed by atoms with Crippen LogP contribution in [0.2, 0.25) is 0 Å². The van der Waals surface area contributed by atoms with E-state index in [2.05, 4.69) is 11.9 Å². The summed E-state index contributed by atoms with van der Waals surface area (Å²) in [6.45, 7) is 3.57. The summed E-state index contributed by atoms with van der Waals surface area (Å²) in [6.07, 6.45) is 5.87. The SMILES string of the molecule is Cc1cc(N)cnc1C1CCC2(CC1)OCCO2. The molecule has 2 heterocycles. The standard InChI is InChI=1S/C14H20N2O2/c1-10-8-12(15)9-16-13(10)11-2-4-14(5-3-11)17-6-7-18-14/h8-9,11H,2-7,15H2,1H3. The number of nitrogen functional groups attached to an aromatic ring is 1. The van der Waals surface area contributed by atoms with Crippen LogP contribution in [0.3, 0.4) is 0 Å². The molecule has 1 aromatic heterocycles. The molecule has 0 atom stereocenters. The number of hydrogen-bond donors (Lipinski definition) is 1. The van der Waals surface area contributed by atoms with E-state index in [1.165, 1.54) is 11.3 Å². The predicted molar refractivity (Wildman–Crippen MR) is 69.2 cm³/mol. The lowest BCUT2D eigenvalue weighted by atomic mass is 9.82. The highest BCUT2D eigenvalue weighted by atomic mass is 16.7. The third-order valence-electron chi connectivity index (χ3n) is 4.09. The van der Waals surface area contributed by atoms with Gasteiger partial charge in [-0.3, -0.25) is 4.98 Å². The number of aryl methyl sites for hydroxylation is 1. The van der Waals surface area contributed by atoms with E-state index in [9.17, 15) is 0 Å². The second-order valence-electron chi connectivity index (χ2n) is 5.35. The fourth-order valence-corrected chi connectivity index (χ4v) is 3.15. The fourth-order valence-electron chi connectivity index (χ4n) is 3.15. The van der Waals surface area contributed by atoms with E-state index >= 15 is 0 Å². The van der Waals surface area contributed by atoms with Crippen molar-refractivity contribution in [1.82, 2.24) is 4.98 Å². The third kappa shape index (κ3) is 2.10. The van der Waals surface area contributed by atoms with Gasteiger partial charge in [-0.05, 0) is 31.4 Å². The van der Waals surface area contributed by atoms with Crippen LogP contribution in [0.25, 0.3) is 0 Å². The van der Waals surface area contributed by atoms with Gasteiger partial charge in [0.2, 0.25) is 0 Å². The summed E-state index contributed by atoms with van der Waals surface area (Å²) in [5.41, 5.74) is 8.88. The molecule has 98 valence electrons. The van der Waals surface area contributed by atoms with Crippen LogP contribution in [-0.4, -0.2) is 24.0 Å². The molecule has 1 saturated heterocycles. The van der Waals surface area contributed by atoms with Crippen LogP contribution < -0.4 is 5.73 Å². The van der Waals surface area contributed by atoms with Crippen LogP contribution in [0.1, 0.15) is 42.9 Å². The summed E-state index contributed by atoms with van der Waals surface area (Å²) in [4.78, 5) is 4.51. The highest BCUT2D eigenvalue weighted by molar-refractivity contribution is 5.40. The van der Waals surface area contributed by atoms with Gasteiger partial charge in [-0.15, -0.1) is 0 Å². The van der Waals surface area contributed by atoms with E-state index in [1.807, 2.05) is 6.07 Å². The minimum atomic E-state index is -0.280.